The summed E-state index contributed by atoms with van der Waals surface area (Å²) in [7, 11) is 4.06. The number of thioether (sulfide) groups is 1. The van der Waals surface area contributed by atoms with Crippen LogP contribution in [0.5, 0.6) is 0 Å². The van der Waals surface area contributed by atoms with Crippen LogP contribution in [0.25, 0.3) is 0 Å². The van der Waals surface area contributed by atoms with Crippen LogP contribution >= 0.6 is 11.8 Å². The van der Waals surface area contributed by atoms with Gasteiger partial charge in [-0.15, -0.1) is 0 Å². The summed E-state index contributed by atoms with van der Waals surface area (Å²) >= 11 is 1.67. The molecule has 2 aliphatic heterocycles. The van der Waals surface area contributed by atoms with E-state index in [1.165, 1.54) is 4.90 Å². The van der Waals surface area contributed by atoms with Gasteiger partial charge >= 0.3 is 0 Å². The highest BCUT2D eigenvalue weighted by atomic mass is 32.2. The Hall–Kier alpha value is -2.53. The average Bonchev–Trinajstić information content (AvgIpc) is 3.04. The summed E-state index contributed by atoms with van der Waals surface area (Å²) in [5.41, 5.74) is 5.01. The molecule has 5 heteroatoms. The Morgan fingerprint density at radius 1 is 1.15 bits per heavy atom. The number of hydrogen-bond donors (Lipinski definition) is 0. The minimum Gasteiger partial charge on any atom is -0.378 e. The zero-order chi connectivity index (χ0) is 19.1. The Labute approximate surface area is 164 Å². The normalized spacial score (nSPS) is 18.1. The molecule has 138 valence electrons. The maximum absolute atomic E-state index is 12.9. The molecule has 2 aromatic rings. The number of rotatable bonds is 4. The number of benzene rings is 2. The number of nitrogens with zero attached hydrogens (tertiary/aromatic N) is 3. The summed E-state index contributed by atoms with van der Waals surface area (Å²) in [6.45, 7) is 3.87. The zero-order valence-electron chi connectivity index (χ0n) is 16.1. The Bertz CT molecular complexity index is 960. The third-order valence-electron chi connectivity index (χ3n) is 5.06. The van der Waals surface area contributed by atoms with Crippen LogP contribution < -0.4 is 9.80 Å². The van der Waals surface area contributed by atoms with Crippen molar-refractivity contribution in [1.29, 1.82) is 0 Å². The molecule has 0 bridgehead atoms. The highest BCUT2D eigenvalue weighted by Gasteiger charge is 2.40. The first-order chi connectivity index (χ1) is 13.0. The van der Waals surface area contributed by atoms with E-state index in [1.807, 2.05) is 40.1 Å². The van der Waals surface area contributed by atoms with Crippen LogP contribution in [0.4, 0.5) is 11.4 Å². The van der Waals surface area contributed by atoms with Gasteiger partial charge in [-0.05, 0) is 48.5 Å². The minimum absolute atomic E-state index is 0.141. The third-order valence-corrected chi connectivity index (χ3v) is 6.10. The Balaban J connectivity index is 1.88. The van der Waals surface area contributed by atoms with Crippen molar-refractivity contribution in [2.45, 2.75) is 31.2 Å². The molecule has 4 rings (SSSR count). The monoisotopic (exact) mass is 377 g/mol. The number of carbonyl (C=O) groups is 1. The van der Waals surface area contributed by atoms with Crippen molar-refractivity contribution in [3.8, 4) is 0 Å². The second-order valence-corrected chi connectivity index (χ2v) is 8.01. The Morgan fingerprint density at radius 3 is 2.52 bits per heavy atom. The van der Waals surface area contributed by atoms with Crippen molar-refractivity contribution < 1.29 is 4.79 Å². The fourth-order valence-corrected chi connectivity index (χ4v) is 4.76. The van der Waals surface area contributed by atoms with Gasteiger partial charge in [-0.25, -0.2) is 4.99 Å². The van der Waals surface area contributed by atoms with Gasteiger partial charge in [0, 0.05) is 42.4 Å². The topological polar surface area (TPSA) is 35.9 Å². The summed E-state index contributed by atoms with van der Waals surface area (Å²) in [5, 5.41) is 0.947. The van der Waals surface area contributed by atoms with Gasteiger partial charge in [-0.3, -0.25) is 4.79 Å². The molecule has 2 heterocycles. The molecule has 0 N–H and O–H groups in total. The van der Waals surface area contributed by atoms with E-state index in [2.05, 4.69) is 46.2 Å². The lowest BCUT2D eigenvalue weighted by Gasteiger charge is -2.35. The lowest BCUT2D eigenvalue weighted by molar-refractivity contribution is -0.115. The van der Waals surface area contributed by atoms with Crippen molar-refractivity contribution in [3.05, 3.63) is 65.4 Å². The number of allylic oxidation sites excluding steroid dienone is 1. The molecule has 0 saturated heterocycles. The molecular formula is C22H23N3OS. The summed E-state index contributed by atoms with van der Waals surface area (Å²) in [5.74, 6) is 0.159. The van der Waals surface area contributed by atoms with Gasteiger partial charge in [-0.1, -0.05) is 31.2 Å². The number of anilines is 2. The molecule has 2 aliphatic rings. The fourth-order valence-electron chi connectivity index (χ4n) is 3.67. The number of carbonyl (C=O) groups excluding carboxylic acids is 1. The number of ketones is 1. The van der Waals surface area contributed by atoms with Crippen molar-refractivity contribution >= 4 is 34.1 Å². The Kier molecular flexibility index (Phi) is 4.56. The van der Waals surface area contributed by atoms with E-state index in [9.17, 15) is 4.79 Å². The first-order valence-corrected chi connectivity index (χ1v) is 9.99. The zero-order valence-corrected chi connectivity index (χ0v) is 16.9. The third kappa shape index (κ3) is 2.96. The number of para-hydroxylation sites is 1. The molecule has 0 aromatic heterocycles. The van der Waals surface area contributed by atoms with E-state index in [4.69, 9.17) is 4.99 Å². The SMILES string of the molecule is CCC(=O)C1=C(C)N=C2Sc3ccccc3N2C1c1ccc(N(C)C)cc1. The maximum atomic E-state index is 12.9. The van der Waals surface area contributed by atoms with Crippen molar-refractivity contribution in [2.24, 2.45) is 4.99 Å². The maximum Gasteiger partial charge on any atom is 0.174 e. The van der Waals surface area contributed by atoms with Gasteiger partial charge < -0.3 is 9.80 Å². The van der Waals surface area contributed by atoms with Crippen molar-refractivity contribution in [3.63, 3.8) is 0 Å². The number of hydrogen-bond acceptors (Lipinski definition) is 5. The fraction of sp³-hybridized carbons (Fsp3) is 0.273. The first-order valence-electron chi connectivity index (χ1n) is 9.17. The lowest BCUT2D eigenvalue weighted by Crippen LogP contribution is -2.36. The molecule has 1 atom stereocenters. The van der Waals surface area contributed by atoms with Gasteiger partial charge in [0.15, 0.2) is 11.0 Å². The van der Waals surface area contributed by atoms with Crippen LogP contribution in [-0.4, -0.2) is 25.0 Å². The molecule has 27 heavy (non-hydrogen) atoms. The molecule has 4 nitrogen and oxygen atoms in total. The quantitative estimate of drug-likeness (QED) is 0.749. The summed E-state index contributed by atoms with van der Waals surface area (Å²) in [6, 6.07) is 16.7. The molecular weight excluding hydrogens is 354 g/mol. The van der Waals surface area contributed by atoms with Crippen molar-refractivity contribution in [2.75, 3.05) is 23.9 Å². The summed E-state index contributed by atoms with van der Waals surface area (Å²) < 4.78 is 0. The van der Waals surface area contributed by atoms with Crippen LogP contribution in [-0.2, 0) is 4.79 Å². The van der Waals surface area contributed by atoms with Crippen LogP contribution in [0.3, 0.4) is 0 Å². The van der Waals surface area contributed by atoms with Crippen LogP contribution in [0.15, 0.2) is 69.7 Å². The van der Waals surface area contributed by atoms with E-state index in [0.29, 0.717) is 6.42 Å². The molecule has 0 radical (unpaired) electrons. The largest absolute Gasteiger partial charge is 0.378 e. The molecule has 0 spiro atoms. The predicted molar refractivity (Wildman–Crippen MR) is 114 cm³/mol. The van der Waals surface area contributed by atoms with Gasteiger partial charge in [0.05, 0.1) is 11.7 Å². The molecule has 0 saturated carbocycles. The summed E-state index contributed by atoms with van der Waals surface area (Å²) in [6.07, 6.45) is 0.479. The molecule has 1 unspecified atom stereocenters. The minimum atomic E-state index is -0.141. The number of amidine groups is 1. The highest BCUT2D eigenvalue weighted by molar-refractivity contribution is 8.14. The lowest BCUT2D eigenvalue weighted by atomic mass is 9.90. The molecule has 0 aliphatic carbocycles. The van der Waals surface area contributed by atoms with E-state index >= 15 is 0 Å². The van der Waals surface area contributed by atoms with Gasteiger partial charge in [-0.2, -0.15) is 0 Å². The first kappa shape index (κ1) is 17.9. The van der Waals surface area contributed by atoms with Crippen LogP contribution in [0, 0.1) is 0 Å². The average molecular weight is 378 g/mol. The van der Waals surface area contributed by atoms with E-state index in [-0.39, 0.29) is 11.8 Å². The van der Waals surface area contributed by atoms with Crippen molar-refractivity contribution in [1.82, 2.24) is 0 Å². The number of Topliss-reactive ketones (excluding diaryl/α,β-unsaturated/α-hetero) is 1. The van der Waals surface area contributed by atoms with Crippen LogP contribution in [0.2, 0.25) is 0 Å². The predicted octanol–water partition coefficient (Wildman–Crippen LogP) is 5.03. The van der Waals surface area contributed by atoms with E-state index < -0.39 is 0 Å². The van der Waals surface area contributed by atoms with Gasteiger partial charge in [0.25, 0.3) is 0 Å². The molecule has 0 amide bonds. The Morgan fingerprint density at radius 2 is 1.85 bits per heavy atom. The smallest absolute Gasteiger partial charge is 0.174 e. The second-order valence-electron chi connectivity index (χ2n) is 7.00. The number of fused-ring (bicyclic) bond motifs is 3. The number of aliphatic imine (C=N–C) groups is 1. The van der Waals surface area contributed by atoms with Crippen LogP contribution in [0.1, 0.15) is 31.9 Å². The molecule has 2 aromatic carbocycles. The van der Waals surface area contributed by atoms with Gasteiger partial charge in [0.2, 0.25) is 0 Å². The standard InChI is InChI=1S/C22H23N3OS/c1-5-18(26)20-14(2)23-22-25(17-8-6-7-9-19(17)27-22)21(20)15-10-12-16(13-11-15)24(3)4/h6-13,21H,5H2,1-4H3. The second kappa shape index (κ2) is 6.89. The highest BCUT2D eigenvalue weighted by Crippen LogP contribution is 2.49. The summed E-state index contributed by atoms with van der Waals surface area (Å²) in [4.78, 5) is 23.1. The van der Waals surface area contributed by atoms with Gasteiger partial charge in [0.1, 0.15) is 0 Å². The van der Waals surface area contributed by atoms with E-state index in [1.54, 1.807) is 11.8 Å². The molecule has 0 fully saturated rings. The van der Waals surface area contributed by atoms with E-state index in [0.717, 1.165) is 33.4 Å².